The molecule has 0 aliphatic carbocycles. The molecule has 2 aromatic rings. The normalized spacial score (nSPS) is 9.68. The third kappa shape index (κ3) is 3.42. The minimum absolute atomic E-state index is 0.476. The van der Waals surface area contributed by atoms with Gasteiger partial charge in [-0.1, -0.05) is 19.1 Å². The van der Waals surface area contributed by atoms with Crippen LogP contribution in [0.3, 0.4) is 0 Å². The van der Waals surface area contributed by atoms with Gasteiger partial charge in [0.25, 0.3) is 0 Å². The Bertz CT molecular complexity index is 588. The van der Waals surface area contributed by atoms with Gasteiger partial charge in [-0.3, -0.25) is 0 Å². The van der Waals surface area contributed by atoms with E-state index in [0.717, 1.165) is 18.8 Å². The molecule has 0 saturated carbocycles. The van der Waals surface area contributed by atoms with Crippen LogP contribution in [0.2, 0.25) is 0 Å². The Labute approximate surface area is 112 Å². The van der Waals surface area contributed by atoms with Gasteiger partial charge >= 0.3 is 0 Å². The first-order valence-electron chi connectivity index (χ1n) is 6.16. The molecule has 19 heavy (non-hydrogen) atoms. The van der Waals surface area contributed by atoms with Gasteiger partial charge < -0.3 is 10.6 Å². The van der Waals surface area contributed by atoms with E-state index in [9.17, 15) is 0 Å². The molecule has 1 aromatic heterocycles. The van der Waals surface area contributed by atoms with Crippen molar-refractivity contribution < 1.29 is 0 Å². The van der Waals surface area contributed by atoms with Crippen LogP contribution in [0.1, 0.15) is 18.9 Å². The number of para-hydroxylation sites is 1. The van der Waals surface area contributed by atoms with Crippen molar-refractivity contribution in [2.75, 3.05) is 17.2 Å². The van der Waals surface area contributed by atoms with Crippen LogP contribution >= 0.6 is 0 Å². The standard InChI is InChI=1S/C14H15N5/c1-2-8-16-13-7-9-17-14(19-13)18-12-6-4-3-5-11(12)10-15/h3-7,9H,2,8H2,1H3,(H2,16,17,18,19). The van der Waals surface area contributed by atoms with Crippen molar-refractivity contribution in [2.24, 2.45) is 0 Å². The molecule has 1 heterocycles. The summed E-state index contributed by atoms with van der Waals surface area (Å²) in [7, 11) is 0. The third-order valence-electron chi connectivity index (χ3n) is 2.51. The van der Waals surface area contributed by atoms with Crippen LogP contribution in [-0.2, 0) is 0 Å². The quantitative estimate of drug-likeness (QED) is 0.857. The van der Waals surface area contributed by atoms with Gasteiger partial charge in [0.15, 0.2) is 0 Å². The van der Waals surface area contributed by atoms with Gasteiger partial charge in [0.2, 0.25) is 5.95 Å². The third-order valence-corrected chi connectivity index (χ3v) is 2.51. The fourth-order valence-corrected chi connectivity index (χ4v) is 1.58. The number of nitriles is 1. The summed E-state index contributed by atoms with van der Waals surface area (Å²) in [6, 6.07) is 11.2. The van der Waals surface area contributed by atoms with E-state index in [1.807, 2.05) is 24.3 Å². The largest absolute Gasteiger partial charge is 0.370 e. The second-order valence-corrected chi connectivity index (χ2v) is 3.97. The number of aromatic nitrogens is 2. The Morgan fingerprint density at radius 2 is 2.11 bits per heavy atom. The number of rotatable bonds is 5. The van der Waals surface area contributed by atoms with E-state index in [2.05, 4.69) is 33.6 Å². The highest BCUT2D eigenvalue weighted by Gasteiger charge is 2.03. The second-order valence-electron chi connectivity index (χ2n) is 3.97. The van der Waals surface area contributed by atoms with Gasteiger partial charge in [0.1, 0.15) is 11.9 Å². The molecule has 0 saturated heterocycles. The maximum atomic E-state index is 9.02. The first-order valence-corrected chi connectivity index (χ1v) is 6.16. The summed E-state index contributed by atoms with van der Waals surface area (Å²) in [6.07, 6.45) is 2.71. The zero-order valence-electron chi connectivity index (χ0n) is 10.7. The second kappa shape index (κ2) is 6.36. The molecular formula is C14H15N5. The molecule has 0 fully saturated rings. The van der Waals surface area contributed by atoms with Crippen molar-refractivity contribution in [3.63, 3.8) is 0 Å². The molecule has 1 aromatic carbocycles. The number of anilines is 3. The van der Waals surface area contributed by atoms with Crippen molar-refractivity contribution in [1.82, 2.24) is 9.97 Å². The lowest BCUT2D eigenvalue weighted by Gasteiger charge is -2.08. The minimum Gasteiger partial charge on any atom is -0.370 e. The summed E-state index contributed by atoms with van der Waals surface area (Å²) in [4.78, 5) is 8.48. The first-order chi connectivity index (χ1) is 9.33. The summed E-state index contributed by atoms with van der Waals surface area (Å²) in [6.45, 7) is 2.96. The molecule has 2 rings (SSSR count). The predicted octanol–water partition coefficient (Wildman–Crippen LogP) is 2.91. The molecule has 0 aliphatic heterocycles. The topological polar surface area (TPSA) is 73.6 Å². The van der Waals surface area contributed by atoms with E-state index in [4.69, 9.17) is 5.26 Å². The highest BCUT2D eigenvalue weighted by molar-refractivity contribution is 5.63. The summed E-state index contributed by atoms with van der Waals surface area (Å²) >= 11 is 0. The molecule has 96 valence electrons. The summed E-state index contributed by atoms with van der Waals surface area (Å²) in [5, 5.41) is 15.3. The molecule has 5 nitrogen and oxygen atoms in total. The van der Waals surface area contributed by atoms with E-state index >= 15 is 0 Å². The van der Waals surface area contributed by atoms with Crippen molar-refractivity contribution in [3.8, 4) is 6.07 Å². The maximum absolute atomic E-state index is 9.02. The van der Waals surface area contributed by atoms with Crippen LogP contribution in [-0.4, -0.2) is 16.5 Å². The average molecular weight is 253 g/mol. The minimum atomic E-state index is 0.476. The van der Waals surface area contributed by atoms with Crippen LogP contribution < -0.4 is 10.6 Å². The van der Waals surface area contributed by atoms with Crippen LogP contribution in [0, 0.1) is 11.3 Å². The monoisotopic (exact) mass is 253 g/mol. The highest BCUT2D eigenvalue weighted by atomic mass is 15.1. The average Bonchev–Trinajstić information content (AvgIpc) is 2.46. The molecular weight excluding hydrogens is 238 g/mol. The zero-order chi connectivity index (χ0) is 13.5. The Hall–Kier alpha value is -2.61. The molecule has 0 unspecified atom stereocenters. The van der Waals surface area contributed by atoms with Gasteiger partial charge in [-0.25, -0.2) is 4.98 Å². The fraction of sp³-hybridized carbons (Fsp3) is 0.214. The molecule has 2 N–H and O–H groups in total. The van der Waals surface area contributed by atoms with Gasteiger partial charge in [0.05, 0.1) is 11.3 Å². The molecule has 0 atom stereocenters. The number of nitrogens with zero attached hydrogens (tertiary/aromatic N) is 3. The lowest BCUT2D eigenvalue weighted by molar-refractivity contribution is 0.966. The molecule has 5 heteroatoms. The Balaban J connectivity index is 2.17. The number of nitrogens with one attached hydrogen (secondary N) is 2. The van der Waals surface area contributed by atoms with Gasteiger partial charge in [-0.15, -0.1) is 0 Å². The summed E-state index contributed by atoms with van der Waals surface area (Å²) in [5.41, 5.74) is 1.27. The number of hydrogen-bond acceptors (Lipinski definition) is 5. The molecule has 0 radical (unpaired) electrons. The van der Waals surface area contributed by atoms with Crippen molar-refractivity contribution >= 4 is 17.5 Å². The zero-order valence-corrected chi connectivity index (χ0v) is 10.7. The fourth-order valence-electron chi connectivity index (χ4n) is 1.58. The Morgan fingerprint density at radius 3 is 2.89 bits per heavy atom. The SMILES string of the molecule is CCCNc1ccnc(Nc2ccccc2C#N)n1. The molecule has 0 bridgehead atoms. The molecule has 0 amide bonds. The van der Waals surface area contributed by atoms with E-state index in [0.29, 0.717) is 17.2 Å². The van der Waals surface area contributed by atoms with Crippen LogP contribution in [0.4, 0.5) is 17.5 Å². The van der Waals surface area contributed by atoms with Crippen LogP contribution in [0.15, 0.2) is 36.5 Å². The Morgan fingerprint density at radius 1 is 1.26 bits per heavy atom. The van der Waals surface area contributed by atoms with Crippen LogP contribution in [0.25, 0.3) is 0 Å². The van der Waals surface area contributed by atoms with E-state index < -0.39 is 0 Å². The number of hydrogen-bond donors (Lipinski definition) is 2. The lowest BCUT2D eigenvalue weighted by atomic mass is 10.2. The van der Waals surface area contributed by atoms with Crippen molar-refractivity contribution in [1.29, 1.82) is 5.26 Å². The summed E-state index contributed by atoms with van der Waals surface area (Å²) < 4.78 is 0. The van der Waals surface area contributed by atoms with Gasteiger partial charge in [0, 0.05) is 12.7 Å². The number of benzene rings is 1. The van der Waals surface area contributed by atoms with E-state index in [1.54, 1.807) is 12.3 Å². The highest BCUT2D eigenvalue weighted by Crippen LogP contribution is 2.18. The van der Waals surface area contributed by atoms with Gasteiger partial charge in [-0.05, 0) is 24.6 Å². The van der Waals surface area contributed by atoms with Crippen molar-refractivity contribution in [3.05, 3.63) is 42.1 Å². The maximum Gasteiger partial charge on any atom is 0.229 e. The lowest BCUT2D eigenvalue weighted by Crippen LogP contribution is -2.05. The molecule has 0 spiro atoms. The van der Waals surface area contributed by atoms with Gasteiger partial charge in [-0.2, -0.15) is 10.2 Å². The predicted molar refractivity (Wildman–Crippen MR) is 75.3 cm³/mol. The Kier molecular flexibility index (Phi) is 4.29. The molecule has 0 aliphatic rings. The van der Waals surface area contributed by atoms with Crippen LogP contribution in [0.5, 0.6) is 0 Å². The van der Waals surface area contributed by atoms with E-state index in [-0.39, 0.29) is 0 Å². The first kappa shape index (κ1) is 12.8. The van der Waals surface area contributed by atoms with E-state index in [1.165, 1.54) is 0 Å². The smallest absolute Gasteiger partial charge is 0.229 e. The van der Waals surface area contributed by atoms with Crippen molar-refractivity contribution in [2.45, 2.75) is 13.3 Å². The summed E-state index contributed by atoms with van der Waals surface area (Å²) in [5.74, 6) is 1.25.